The average Bonchev–Trinajstić information content (AvgIpc) is 3.72. The molecule has 0 radical (unpaired) electrons. The maximum Gasteiger partial charge on any atom is 0.323 e. The number of aryl methyl sites for hydroxylation is 1. The van der Waals surface area contributed by atoms with Crippen LogP contribution in [0.2, 0.25) is 5.02 Å². The zero-order valence-electron chi connectivity index (χ0n) is 23.1. The Morgan fingerprint density at radius 1 is 1.12 bits per heavy atom. The molecule has 1 atom stereocenters. The second kappa shape index (κ2) is 11.0. The first-order chi connectivity index (χ1) is 20.2. The number of nitrogens with one attached hydrogen (secondary N) is 3. The highest BCUT2D eigenvalue weighted by Crippen LogP contribution is 2.56. The van der Waals surface area contributed by atoms with E-state index in [0.717, 1.165) is 0 Å². The van der Waals surface area contributed by atoms with Gasteiger partial charge in [-0.1, -0.05) is 23.7 Å². The molecule has 1 saturated carbocycles. The van der Waals surface area contributed by atoms with E-state index in [1.54, 1.807) is 67.7 Å². The monoisotopic (exact) mass is 607 g/mol. The van der Waals surface area contributed by atoms with Gasteiger partial charge in [-0.2, -0.15) is 5.10 Å². The molecule has 11 nitrogen and oxygen atoms in total. The van der Waals surface area contributed by atoms with Crippen molar-refractivity contribution in [3.8, 4) is 11.4 Å². The largest absolute Gasteiger partial charge is 0.377 e. The number of carbonyl (C=O) groups excluding carboxylic acids is 1. The highest BCUT2D eigenvalue weighted by molar-refractivity contribution is 7.92. The maximum absolute atomic E-state index is 14.0. The number of urea groups is 1. The Morgan fingerprint density at radius 2 is 1.88 bits per heavy atom. The second-order valence-corrected chi connectivity index (χ2v) is 13.2. The van der Waals surface area contributed by atoms with E-state index in [4.69, 9.17) is 26.3 Å². The number of amides is 2. The molecule has 2 aromatic heterocycles. The van der Waals surface area contributed by atoms with E-state index >= 15 is 0 Å². The summed E-state index contributed by atoms with van der Waals surface area (Å²) in [6.07, 6.45) is 2.47. The Bertz CT molecular complexity index is 1740. The lowest BCUT2D eigenvalue weighted by molar-refractivity contribution is 0.0985. The average molecular weight is 608 g/mol. The lowest BCUT2D eigenvalue weighted by Crippen LogP contribution is -2.44. The number of morpholine rings is 1. The number of sulfone groups is 1. The molecular formula is C29H30ClN7O4S. The standard InChI is InChI=1S/C29H30ClN7O4S/c1-18-17-41-14-13-37(18)26-15-25(29(11-12-29)42(39,40)24-6-4-3-5-22(24)30)34-27(35-26)20-7-9-21(10-8-20)32-28(38)33-23-16-31-36-19(23)2/h3-10,15-16,18H,11-14,17H2,1-2H3,(H,31,36)(H2,32,33,38)/t18-/m0/s1. The molecule has 4 aromatic rings. The number of H-pyrrole nitrogens is 1. The van der Waals surface area contributed by atoms with Crippen molar-refractivity contribution in [3.63, 3.8) is 0 Å². The van der Waals surface area contributed by atoms with Crippen LogP contribution in [-0.4, -0.2) is 60.4 Å². The van der Waals surface area contributed by atoms with Crippen LogP contribution in [0.5, 0.6) is 0 Å². The molecule has 218 valence electrons. The van der Waals surface area contributed by atoms with Gasteiger partial charge < -0.3 is 20.3 Å². The van der Waals surface area contributed by atoms with Crippen LogP contribution in [0.15, 0.2) is 65.7 Å². The molecule has 3 N–H and O–H groups in total. The second-order valence-electron chi connectivity index (χ2n) is 10.5. The summed E-state index contributed by atoms with van der Waals surface area (Å²) in [6, 6.07) is 15.0. The number of nitrogens with zero attached hydrogens (tertiary/aromatic N) is 4. The van der Waals surface area contributed by atoms with Crippen molar-refractivity contribution in [3.05, 3.63) is 77.2 Å². The van der Waals surface area contributed by atoms with Gasteiger partial charge in [0.2, 0.25) is 0 Å². The molecule has 6 rings (SSSR count). The number of benzene rings is 2. The van der Waals surface area contributed by atoms with Crippen molar-refractivity contribution in [2.24, 2.45) is 0 Å². The summed E-state index contributed by atoms with van der Waals surface area (Å²) in [5, 5.41) is 12.4. The summed E-state index contributed by atoms with van der Waals surface area (Å²) in [5.41, 5.74) is 2.95. The molecule has 2 amide bonds. The number of aromatic nitrogens is 4. The van der Waals surface area contributed by atoms with Crippen LogP contribution in [-0.2, 0) is 19.3 Å². The van der Waals surface area contributed by atoms with E-state index in [1.165, 1.54) is 0 Å². The molecule has 2 fully saturated rings. The van der Waals surface area contributed by atoms with Gasteiger partial charge in [0, 0.05) is 30.1 Å². The minimum absolute atomic E-state index is 0.0497. The first-order valence-corrected chi connectivity index (χ1v) is 15.5. The van der Waals surface area contributed by atoms with Crippen LogP contribution < -0.4 is 15.5 Å². The lowest BCUT2D eigenvalue weighted by Gasteiger charge is -2.34. The summed E-state index contributed by atoms with van der Waals surface area (Å²) in [7, 11) is -3.84. The number of halogens is 1. The smallest absolute Gasteiger partial charge is 0.323 e. The molecule has 2 aromatic carbocycles. The van der Waals surface area contributed by atoms with Crippen molar-refractivity contribution in [2.45, 2.75) is 42.4 Å². The van der Waals surface area contributed by atoms with Crippen LogP contribution >= 0.6 is 11.6 Å². The van der Waals surface area contributed by atoms with Crippen LogP contribution in [0.1, 0.15) is 31.2 Å². The zero-order chi connectivity index (χ0) is 29.5. The van der Waals surface area contributed by atoms with Crippen molar-refractivity contribution in [1.82, 2.24) is 20.2 Å². The number of hydrogen-bond donors (Lipinski definition) is 3. The fourth-order valence-electron chi connectivity index (χ4n) is 5.13. The number of aromatic amines is 1. The molecule has 42 heavy (non-hydrogen) atoms. The molecule has 0 bridgehead atoms. The third-order valence-corrected chi connectivity index (χ3v) is 10.7. The van der Waals surface area contributed by atoms with Gasteiger partial charge in [-0.05, 0) is 63.1 Å². The van der Waals surface area contributed by atoms with Gasteiger partial charge in [0.05, 0.1) is 46.2 Å². The normalized spacial score (nSPS) is 18.0. The van der Waals surface area contributed by atoms with Gasteiger partial charge in [-0.25, -0.2) is 23.2 Å². The van der Waals surface area contributed by atoms with Gasteiger partial charge in [0.15, 0.2) is 15.7 Å². The summed E-state index contributed by atoms with van der Waals surface area (Å²) < 4.78 is 32.4. The summed E-state index contributed by atoms with van der Waals surface area (Å²) in [6.45, 7) is 5.54. The van der Waals surface area contributed by atoms with Gasteiger partial charge >= 0.3 is 6.03 Å². The van der Waals surface area contributed by atoms with Crippen molar-refractivity contribution < 1.29 is 17.9 Å². The van der Waals surface area contributed by atoms with E-state index in [-0.39, 0.29) is 16.0 Å². The van der Waals surface area contributed by atoms with E-state index < -0.39 is 20.6 Å². The maximum atomic E-state index is 14.0. The number of ether oxygens (including phenoxy) is 1. The number of hydrogen-bond acceptors (Lipinski definition) is 8. The third kappa shape index (κ3) is 5.21. The molecule has 1 aliphatic heterocycles. The topological polar surface area (TPSA) is 142 Å². The van der Waals surface area contributed by atoms with Crippen LogP contribution in [0, 0.1) is 6.92 Å². The van der Waals surface area contributed by atoms with E-state index in [0.29, 0.717) is 72.6 Å². The Morgan fingerprint density at radius 3 is 2.55 bits per heavy atom. The first-order valence-electron chi connectivity index (χ1n) is 13.6. The molecule has 0 spiro atoms. The van der Waals surface area contributed by atoms with Crippen LogP contribution in [0.25, 0.3) is 11.4 Å². The Balaban J connectivity index is 1.35. The van der Waals surface area contributed by atoms with E-state index in [1.807, 2.05) is 6.92 Å². The van der Waals surface area contributed by atoms with Gasteiger partial charge in [-0.15, -0.1) is 0 Å². The fraction of sp³-hybridized carbons (Fsp3) is 0.310. The molecule has 3 heterocycles. The van der Waals surface area contributed by atoms with E-state index in [2.05, 4.69) is 25.7 Å². The molecule has 13 heteroatoms. The number of carbonyl (C=O) groups is 1. The lowest BCUT2D eigenvalue weighted by atomic mass is 10.1. The zero-order valence-corrected chi connectivity index (χ0v) is 24.7. The summed E-state index contributed by atoms with van der Waals surface area (Å²) in [5.74, 6) is 1.04. The SMILES string of the molecule is Cc1n[nH]cc1NC(=O)Nc1ccc(-c2nc(N3CCOC[C@@H]3C)cc(C3(S(=O)(=O)c4ccccc4Cl)CC3)n2)cc1. The number of anilines is 3. The van der Waals surface area contributed by atoms with Crippen molar-refractivity contribution in [2.75, 3.05) is 35.3 Å². The highest BCUT2D eigenvalue weighted by Gasteiger charge is 2.58. The molecule has 1 saturated heterocycles. The van der Waals surface area contributed by atoms with Crippen LogP contribution in [0.3, 0.4) is 0 Å². The Kier molecular flexibility index (Phi) is 7.37. The first kappa shape index (κ1) is 28.1. The molecule has 0 unspecified atom stereocenters. The predicted octanol–water partition coefficient (Wildman–Crippen LogP) is 5.16. The minimum atomic E-state index is -3.84. The third-order valence-electron chi connectivity index (χ3n) is 7.67. The van der Waals surface area contributed by atoms with Gasteiger partial charge in [0.25, 0.3) is 0 Å². The molecule has 2 aliphatic rings. The Labute approximate surface area is 248 Å². The van der Waals surface area contributed by atoms with Gasteiger partial charge in [0.1, 0.15) is 10.6 Å². The Hall–Kier alpha value is -4.00. The summed E-state index contributed by atoms with van der Waals surface area (Å²) >= 11 is 6.35. The molecule has 1 aliphatic carbocycles. The van der Waals surface area contributed by atoms with Crippen molar-refractivity contribution >= 4 is 44.7 Å². The van der Waals surface area contributed by atoms with Crippen LogP contribution in [0.4, 0.5) is 22.0 Å². The summed E-state index contributed by atoms with van der Waals surface area (Å²) in [4.78, 5) is 24.4. The van der Waals surface area contributed by atoms with Gasteiger partial charge in [-0.3, -0.25) is 5.10 Å². The predicted molar refractivity (Wildman–Crippen MR) is 161 cm³/mol. The van der Waals surface area contributed by atoms with Crippen molar-refractivity contribution in [1.29, 1.82) is 0 Å². The quantitative estimate of drug-likeness (QED) is 0.261. The number of rotatable bonds is 7. The fourth-order valence-corrected chi connectivity index (χ4v) is 7.60. The minimum Gasteiger partial charge on any atom is -0.377 e. The highest BCUT2D eigenvalue weighted by atomic mass is 35.5. The van der Waals surface area contributed by atoms with E-state index in [9.17, 15) is 13.2 Å². The molecular weight excluding hydrogens is 578 g/mol.